The van der Waals surface area contributed by atoms with Crippen LogP contribution in [-0.2, 0) is 21.7 Å². The Balaban J connectivity index is 1.03. The molecule has 4 saturated carbocycles. The fraction of sp³-hybridized carbons (Fsp3) is 0.368. The first-order chi connectivity index (χ1) is 28.0. The van der Waals surface area contributed by atoms with Crippen molar-refractivity contribution in [2.24, 2.45) is 23.7 Å². The number of nitrogens with zero attached hydrogens (tertiary/aromatic N) is 1. The van der Waals surface area contributed by atoms with Crippen LogP contribution in [0.2, 0.25) is 0 Å². The smallest absolute Gasteiger partial charge is 0.0543 e. The zero-order valence-corrected chi connectivity index (χ0v) is 35.3. The maximum atomic E-state index is 2.64. The molecule has 4 bridgehead atoms. The highest BCUT2D eigenvalue weighted by atomic mass is 15.1. The van der Waals surface area contributed by atoms with Crippen molar-refractivity contribution in [1.29, 1.82) is 0 Å². The van der Waals surface area contributed by atoms with Gasteiger partial charge in [-0.2, -0.15) is 0 Å². The van der Waals surface area contributed by atoms with Gasteiger partial charge in [-0.25, -0.2) is 0 Å². The molecule has 0 N–H and O–H groups in total. The van der Waals surface area contributed by atoms with Crippen LogP contribution in [0.3, 0.4) is 0 Å². The van der Waals surface area contributed by atoms with E-state index in [1.807, 2.05) is 0 Å². The van der Waals surface area contributed by atoms with E-state index in [0.717, 1.165) is 23.7 Å². The van der Waals surface area contributed by atoms with Crippen molar-refractivity contribution in [1.82, 2.24) is 0 Å². The van der Waals surface area contributed by atoms with E-state index >= 15 is 0 Å². The van der Waals surface area contributed by atoms with Crippen LogP contribution < -0.4 is 4.90 Å². The fourth-order valence-electron chi connectivity index (χ4n) is 14.4. The summed E-state index contributed by atoms with van der Waals surface area (Å²) in [4.78, 5) is 2.63. The topological polar surface area (TPSA) is 3.24 Å². The molecule has 4 fully saturated rings. The molecule has 0 aromatic heterocycles. The molecule has 7 aliphatic rings. The standard InChI is InChI=1S/C57H57N/c1-54(2)27-28-55(3,4)53-48(54)18-12-20-51(53)58(50-19-11-17-47-52(50)44-14-8-9-15-45(44)56(47,5)6)41-24-21-37(22-25-41)38-23-26-43-42-13-7-10-16-46(42)57(49(43)34-38)39-30-35-29-36(32-39)33-40(57)31-35/h7-26,34-36,39-40H,27-33H2,1-6H3. The number of fused-ring (bicyclic) bond motifs is 7. The Hall–Kier alpha value is -4.88. The van der Waals surface area contributed by atoms with Crippen molar-refractivity contribution < 1.29 is 0 Å². The van der Waals surface area contributed by atoms with Crippen LogP contribution in [0, 0.1) is 23.7 Å². The molecule has 0 radical (unpaired) electrons. The zero-order valence-electron chi connectivity index (χ0n) is 35.3. The summed E-state index contributed by atoms with van der Waals surface area (Å²) in [6.07, 6.45) is 9.51. The van der Waals surface area contributed by atoms with E-state index in [2.05, 4.69) is 174 Å². The van der Waals surface area contributed by atoms with Gasteiger partial charge in [-0.05, 0) is 171 Å². The number of benzene rings is 6. The van der Waals surface area contributed by atoms with Crippen molar-refractivity contribution in [2.45, 2.75) is 108 Å². The van der Waals surface area contributed by atoms with Gasteiger partial charge in [-0.3, -0.25) is 0 Å². The fourth-order valence-corrected chi connectivity index (χ4v) is 14.4. The quantitative estimate of drug-likeness (QED) is 0.173. The van der Waals surface area contributed by atoms with Crippen LogP contribution in [0.1, 0.15) is 120 Å². The van der Waals surface area contributed by atoms with Crippen molar-refractivity contribution in [3.63, 3.8) is 0 Å². The molecule has 0 aliphatic heterocycles. The lowest BCUT2D eigenvalue weighted by atomic mass is 9.43. The van der Waals surface area contributed by atoms with Gasteiger partial charge in [0.2, 0.25) is 0 Å². The second-order valence-electron chi connectivity index (χ2n) is 21.2. The highest BCUT2D eigenvalue weighted by Crippen LogP contribution is 2.69. The van der Waals surface area contributed by atoms with Crippen molar-refractivity contribution in [3.05, 3.63) is 161 Å². The first-order valence-electron chi connectivity index (χ1n) is 22.5. The average Bonchev–Trinajstić information content (AvgIpc) is 3.65. The Morgan fingerprint density at radius 3 is 1.74 bits per heavy atom. The largest absolute Gasteiger partial charge is 0.310 e. The number of hydrogen-bond donors (Lipinski definition) is 0. The maximum absolute atomic E-state index is 2.64. The lowest BCUT2D eigenvalue weighted by Crippen LogP contribution is -2.55. The van der Waals surface area contributed by atoms with Crippen LogP contribution in [0.5, 0.6) is 0 Å². The van der Waals surface area contributed by atoms with Gasteiger partial charge in [0.25, 0.3) is 0 Å². The minimum atomic E-state index is -0.0727. The summed E-state index contributed by atoms with van der Waals surface area (Å²) in [5.74, 6) is 3.43. The lowest BCUT2D eigenvalue weighted by molar-refractivity contribution is -0.0399. The number of rotatable bonds is 4. The molecule has 6 aromatic rings. The maximum Gasteiger partial charge on any atom is 0.0543 e. The molecular formula is C57H57N. The summed E-state index contributed by atoms with van der Waals surface area (Å²) in [6, 6.07) is 50.0. The molecular weight excluding hydrogens is 699 g/mol. The van der Waals surface area contributed by atoms with Crippen LogP contribution >= 0.6 is 0 Å². The van der Waals surface area contributed by atoms with E-state index in [-0.39, 0.29) is 21.7 Å². The molecule has 0 amide bonds. The Morgan fingerprint density at radius 2 is 1.02 bits per heavy atom. The average molecular weight is 756 g/mol. The van der Waals surface area contributed by atoms with Gasteiger partial charge in [0.1, 0.15) is 0 Å². The first-order valence-corrected chi connectivity index (χ1v) is 22.5. The highest BCUT2D eigenvalue weighted by Gasteiger charge is 2.61. The lowest BCUT2D eigenvalue weighted by Gasteiger charge is -2.61. The summed E-state index contributed by atoms with van der Waals surface area (Å²) in [5, 5.41) is 0. The molecule has 1 nitrogen and oxygen atoms in total. The van der Waals surface area contributed by atoms with Crippen LogP contribution in [0.15, 0.2) is 127 Å². The van der Waals surface area contributed by atoms with Crippen molar-refractivity contribution in [2.75, 3.05) is 4.90 Å². The molecule has 1 heteroatoms. The minimum absolute atomic E-state index is 0.0463. The molecule has 1 spiro atoms. The zero-order chi connectivity index (χ0) is 39.3. The minimum Gasteiger partial charge on any atom is -0.310 e. The Labute approximate surface area is 346 Å². The SMILES string of the molecule is CC1(C)CCC(C)(C)c2c(N(c3ccc(-c4ccc5c(c4)C4(c6ccccc6-5)C5CC6CC(C5)CC4C6)cc3)c3cccc4c3-c3ccccc3C4(C)C)cccc21. The summed E-state index contributed by atoms with van der Waals surface area (Å²) in [5.41, 5.74) is 21.6. The monoisotopic (exact) mass is 755 g/mol. The third-order valence-corrected chi connectivity index (χ3v) is 16.9. The van der Waals surface area contributed by atoms with E-state index in [1.54, 1.807) is 11.1 Å². The Kier molecular flexibility index (Phi) is 7.18. The van der Waals surface area contributed by atoms with Gasteiger partial charge >= 0.3 is 0 Å². The second-order valence-corrected chi connectivity index (χ2v) is 21.2. The number of hydrogen-bond acceptors (Lipinski definition) is 1. The van der Waals surface area contributed by atoms with Crippen LogP contribution in [-0.4, -0.2) is 0 Å². The van der Waals surface area contributed by atoms with Crippen LogP contribution in [0.4, 0.5) is 17.1 Å². The summed E-state index contributed by atoms with van der Waals surface area (Å²) < 4.78 is 0. The van der Waals surface area contributed by atoms with Gasteiger partial charge in [0.05, 0.1) is 11.4 Å². The Morgan fingerprint density at radius 1 is 0.448 bits per heavy atom. The van der Waals surface area contributed by atoms with E-state index in [9.17, 15) is 0 Å². The summed E-state index contributed by atoms with van der Waals surface area (Å²) >= 11 is 0. The van der Waals surface area contributed by atoms with E-state index < -0.39 is 0 Å². The third-order valence-electron chi connectivity index (χ3n) is 16.9. The molecule has 0 heterocycles. The second kappa shape index (κ2) is 11.9. The van der Waals surface area contributed by atoms with E-state index in [0.29, 0.717) is 0 Å². The van der Waals surface area contributed by atoms with Crippen molar-refractivity contribution >= 4 is 17.1 Å². The summed E-state index contributed by atoms with van der Waals surface area (Å²) in [6.45, 7) is 14.7. The Bertz CT molecular complexity index is 2640. The molecule has 58 heavy (non-hydrogen) atoms. The van der Waals surface area contributed by atoms with Gasteiger partial charge in [-0.15, -0.1) is 0 Å². The molecule has 0 unspecified atom stereocenters. The molecule has 13 rings (SSSR count). The van der Waals surface area contributed by atoms with E-state index in [4.69, 9.17) is 0 Å². The highest BCUT2D eigenvalue weighted by molar-refractivity contribution is 5.96. The van der Waals surface area contributed by atoms with Gasteiger partial charge in [0, 0.05) is 22.1 Å². The molecule has 290 valence electrons. The van der Waals surface area contributed by atoms with Gasteiger partial charge in [-0.1, -0.05) is 139 Å². The predicted molar refractivity (Wildman–Crippen MR) is 243 cm³/mol. The predicted octanol–water partition coefficient (Wildman–Crippen LogP) is 15.2. The summed E-state index contributed by atoms with van der Waals surface area (Å²) in [7, 11) is 0. The first kappa shape index (κ1) is 35.1. The third kappa shape index (κ3) is 4.60. The van der Waals surface area contributed by atoms with Crippen LogP contribution in [0.25, 0.3) is 33.4 Å². The van der Waals surface area contributed by atoms with Crippen molar-refractivity contribution in [3.8, 4) is 33.4 Å². The number of anilines is 3. The normalized spacial score (nSPS) is 26.8. The van der Waals surface area contributed by atoms with Gasteiger partial charge < -0.3 is 4.90 Å². The van der Waals surface area contributed by atoms with Gasteiger partial charge in [0.15, 0.2) is 0 Å². The molecule has 6 aromatic carbocycles. The molecule has 7 aliphatic carbocycles. The molecule has 0 atom stereocenters. The van der Waals surface area contributed by atoms with E-state index in [1.165, 1.54) is 118 Å². The molecule has 0 saturated heterocycles.